The van der Waals surface area contributed by atoms with Gasteiger partial charge in [0.05, 0.1) is 10.7 Å². The molecular formula is C15H9ClFN3O2. The molecule has 0 spiro atoms. The van der Waals surface area contributed by atoms with Crippen LogP contribution in [0.4, 0.5) is 10.1 Å². The zero-order chi connectivity index (χ0) is 15.5. The molecule has 22 heavy (non-hydrogen) atoms. The van der Waals surface area contributed by atoms with E-state index in [1.165, 1.54) is 24.3 Å². The number of nitrogens with one attached hydrogen (secondary N) is 1. The van der Waals surface area contributed by atoms with Crippen molar-refractivity contribution in [1.29, 1.82) is 0 Å². The van der Waals surface area contributed by atoms with Crippen LogP contribution in [0.5, 0.6) is 0 Å². The van der Waals surface area contributed by atoms with Crippen LogP contribution in [0.2, 0.25) is 5.02 Å². The van der Waals surface area contributed by atoms with Crippen molar-refractivity contribution in [2.75, 3.05) is 5.32 Å². The van der Waals surface area contributed by atoms with Crippen molar-refractivity contribution in [1.82, 2.24) is 10.2 Å². The molecule has 2 aromatic carbocycles. The first-order valence-corrected chi connectivity index (χ1v) is 6.66. The second-order valence-corrected chi connectivity index (χ2v) is 4.76. The van der Waals surface area contributed by atoms with Crippen LogP contribution >= 0.6 is 11.6 Å². The van der Waals surface area contributed by atoms with Gasteiger partial charge in [-0.2, -0.15) is 0 Å². The fourth-order valence-electron chi connectivity index (χ4n) is 1.76. The summed E-state index contributed by atoms with van der Waals surface area (Å²) in [6, 6.07) is 12.3. The summed E-state index contributed by atoms with van der Waals surface area (Å²) >= 11 is 5.95. The lowest BCUT2D eigenvalue weighted by molar-refractivity contribution is 0.0991. The number of anilines is 1. The van der Waals surface area contributed by atoms with Crippen LogP contribution in [-0.4, -0.2) is 16.1 Å². The number of nitrogens with zero attached hydrogens (tertiary/aromatic N) is 2. The second-order valence-electron chi connectivity index (χ2n) is 4.35. The summed E-state index contributed by atoms with van der Waals surface area (Å²) in [6.45, 7) is 0. The number of para-hydroxylation sites is 1. The molecule has 5 nitrogen and oxygen atoms in total. The maximum Gasteiger partial charge on any atom is 0.313 e. The minimum Gasteiger partial charge on any atom is -0.412 e. The van der Waals surface area contributed by atoms with Gasteiger partial charge in [0.15, 0.2) is 0 Å². The molecule has 7 heteroatoms. The Morgan fingerprint density at radius 3 is 2.55 bits per heavy atom. The Morgan fingerprint density at radius 2 is 1.82 bits per heavy atom. The van der Waals surface area contributed by atoms with E-state index in [9.17, 15) is 9.18 Å². The number of hydrogen-bond acceptors (Lipinski definition) is 4. The SMILES string of the molecule is O=C(Nc1ccccc1Cl)c1nnc(-c2ccc(F)cc2)o1. The third-order valence-electron chi connectivity index (χ3n) is 2.83. The van der Waals surface area contributed by atoms with Crippen LogP contribution in [0.15, 0.2) is 52.9 Å². The topological polar surface area (TPSA) is 68.0 Å². The zero-order valence-corrected chi connectivity index (χ0v) is 11.8. The van der Waals surface area contributed by atoms with Gasteiger partial charge in [0.25, 0.3) is 0 Å². The maximum absolute atomic E-state index is 12.9. The van der Waals surface area contributed by atoms with Crippen molar-refractivity contribution < 1.29 is 13.6 Å². The molecule has 0 unspecified atom stereocenters. The molecule has 0 fully saturated rings. The fraction of sp³-hybridized carbons (Fsp3) is 0. The van der Waals surface area contributed by atoms with Gasteiger partial charge in [-0.25, -0.2) is 4.39 Å². The Bertz CT molecular complexity index is 818. The summed E-state index contributed by atoms with van der Waals surface area (Å²) in [5.74, 6) is -1.03. The van der Waals surface area contributed by atoms with Crippen molar-refractivity contribution in [2.45, 2.75) is 0 Å². The number of benzene rings is 2. The van der Waals surface area contributed by atoms with Crippen LogP contribution in [0, 0.1) is 5.82 Å². The lowest BCUT2D eigenvalue weighted by Crippen LogP contribution is -2.12. The first-order valence-electron chi connectivity index (χ1n) is 6.29. The molecule has 0 bridgehead atoms. The van der Waals surface area contributed by atoms with E-state index in [1.807, 2.05) is 0 Å². The van der Waals surface area contributed by atoms with Gasteiger partial charge >= 0.3 is 11.8 Å². The van der Waals surface area contributed by atoms with Gasteiger partial charge in [0, 0.05) is 5.56 Å². The van der Waals surface area contributed by atoms with Gasteiger partial charge < -0.3 is 9.73 Å². The molecule has 0 radical (unpaired) electrons. The molecule has 110 valence electrons. The standard InChI is InChI=1S/C15H9ClFN3O2/c16-11-3-1-2-4-12(11)18-13(21)15-20-19-14(22-15)9-5-7-10(17)8-6-9/h1-8H,(H,18,21). The van der Waals surface area contributed by atoms with E-state index >= 15 is 0 Å². The van der Waals surface area contributed by atoms with Gasteiger partial charge in [0.1, 0.15) is 5.82 Å². The normalized spacial score (nSPS) is 10.5. The summed E-state index contributed by atoms with van der Waals surface area (Å²) in [7, 11) is 0. The highest BCUT2D eigenvalue weighted by Gasteiger charge is 2.17. The van der Waals surface area contributed by atoms with E-state index in [0.29, 0.717) is 16.3 Å². The number of carbonyl (C=O) groups is 1. The van der Waals surface area contributed by atoms with Crippen LogP contribution in [0.3, 0.4) is 0 Å². The predicted molar refractivity (Wildman–Crippen MR) is 79.1 cm³/mol. The molecule has 0 saturated carbocycles. The lowest BCUT2D eigenvalue weighted by atomic mass is 10.2. The number of rotatable bonds is 3. The monoisotopic (exact) mass is 317 g/mol. The first-order chi connectivity index (χ1) is 10.6. The summed E-state index contributed by atoms with van der Waals surface area (Å²) in [4.78, 5) is 12.0. The highest BCUT2D eigenvalue weighted by atomic mass is 35.5. The quantitative estimate of drug-likeness (QED) is 0.798. The average molecular weight is 318 g/mol. The molecule has 0 aliphatic rings. The minimum absolute atomic E-state index is 0.129. The molecule has 0 aliphatic carbocycles. The van der Waals surface area contributed by atoms with Crippen molar-refractivity contribution in [3.8, 4) is 11.5 Å². The number of carbonyl (C=O) groups excluding carboxylic acids is 1. The number of hydrogen-bond donors (Lipinski definition) is 1. The van der Waals surface area contributed by atoms with Gasteiger partial charge in [-0.15, -0.1) is 10.2 Å². The van der Waals surface area contributed by atoms with Crippen LogP contribution in [0.1, 0.15) is 10.7 Å². The lowest BCUT2D eigenvalue weighted by Gasteiger charge is -2.03. The van der Waals surface area contributed by atoms with Gasteiger partial charge in [-0.3, -0.25) is 4.79 Å². The van der Waals surface area contributed by atoms with Crippen LogP contribution in [0.25, 0.3) is 11.5 Å². The van der Waals surface area contributed by atoms with E-state index in [2.05, 4.69) is 15.5 Å². The van der Waals surface area contributed by atoms with E-state index in [0.717, 1.165) is 0 Å². The Morgan fingerprint density at radius 1 is 1.09 bits per heavy atom. The molecule has 0 saturated heterocycles. The molecule has 1 amide bonds. The van der Waals surface area contributed by atoms with Crippen molar-refractivity contribution in [3.05, 3.63) is 65.3 Å². The van der Waals surface area contributed by atoms with Crippen molar-refractivity contribution in [2.24, 2.45) is 0 Å². The Balaban J connectivity index is 1.80. The van der Waals surface area contributed by atoms with E-state index < -0.39 is 5.91 Å². The number of halogens is 2. The van der Waals surface area contributed by atoms with E-state index in [1.54, 1.807) is 24.3 Å². The largest absolute Gasteiger partial charge is 0.412 e. The molecule has 0 atom stereocenters. The molecule has 3 rings (SSSR count). The molecule has 1 aromatic heterocycles. The summed E-state index contributed by atoms with van der Waals surface area (Å²) in [6.07, 6.45) is 0. The summed E-state index contributed by atoms with van der Waals surface area (Å²) < 4.78 is 18.2. The Labute approximate surface area is 129 Å². The second kappa shape index (κ2) is 5.95. The van der Waals surface area contributed by atoms with E-state index in [4.69, 9.17) is 16.0 Å². The molecule has 1 N–H and O–H groups in total. The van der Waals surface area contributed by atoms with Crippen LogP contribution < -0.4 is 5.32 Å². The van der Waals surface area contributed by atoms with Crippen molar-refractivity contribution >= 4 is 23.2 Å². The fourth-order valence-corrected chi connectivity index (χ4v) is 1.95. The highest BCUT2D eigenvalue weighted by Crippen LogP contribution is 2.22. The van der Waals surface area contributed by atoms with Crippen LogP contribution in [-0.2, 0) is 0 Å². The Kier molecular flexibility index (Phi) is 3.84. The molecule has 1 heterocycles. The third-order valence-corrected chi connectivity index (χ3v) is 3.16. The maximum atomic E-state index is 12.9. The molecular weight excluding hydrogens is 309 g/mol. The predicted octanol–water partition coefficient (Wildman–Crippen LogP) is 3.78. The zero-order valence-electron chi connectivity index (χ0n) is 11.1. The average Bonchev–Trinajstić information content (AvgIpc) is 3.00. The summed E-state index contributed by atoms with van der Waals surface area (Å²) in [5, 5.41) is 10.4. The van der Waals surface area contributed by atoms with Gasteiger partial charge in [-0.05, 0) is 36.4 Å². The third kappa shape index (κ3) is 2.96. The van der Waals surface area contributed by atoms with Crippen molar-refractivity contribution in [3.63, 3.8) is 0 Å². The number of aromatic nitrogens is 2. The Hall–Kier alpha value is -2.73. The highest BCUT2D eigenvalue weighted by molar-refractivity contribution is 6.33. The minimum atomic E-state index is -0.575. The smallest absolute Gasteiger partial charge is 0.313 e. The van der Waals surface area contributed by atoms with Gasteiger partial charge in [-0.1, -0.05) is 23.7 Å². The van der Waals surface area contributed by atoms with Gasteiger partial charge in [0.2, 0.25) is 5.89 Å². The first kappa shape index (κ1) is 14.2. The number of amides is 1. The van der Waals surface area contributed by atoms with E-state index in [-0.39, 0.29) is 17.6 Å². The summed E-state index contributed by atoms with van der Waals surface area (Å²) in [5.41, 5.74) is 0.960. The molecule has 0 aliphatic heterocycles. The molecule has 3 aromatic rings.